The average Bonchev–Trinajstić information content (AvgIpc) is 2.48. The molecule has 0 radical (unpaired) electrons. The van der Waals surface area contributed by atoms with Gasteiger partial charge in [0.25, 0.3) is 0 Å². The lowest BCUT2D eigenvalue weighted by molar-refractivity contribution is -0.143. The Balaban J connectivity index is 3.13. The molecule has 9 nitrogen and oxygen atoms in total. The van der Waals surface area contributed by atoms with Crippen molar-refractivity contribution in [3.63, 3.8) is 0 Å². The molecule has 4 atom stereocenters. The van der Waals surface area contributed by atoms with Gasteiger partial charge in [0.1, 0.15) is 11.5 Å². The summed E-state index contributed by atoms with van der Waals surface area (Å²) in [6.07, 6.45) is 0.362. The van der Waals surface area contributed by atoms with Crippen LogP contribution in [-0.4, -0.2) is 53.5 Å². The molecule has 0 aromatic rings. The number of alkyl carbamates (subject to hydrolysis) is 1. The normalized spacial score (nSPS) is 27.8. The predicted molar refractivity (Wildman–Crippen MR) is 90.6 cm³/mol. The number of rotatable bonds is 4. The van der Waals surface area contributed by atoms with Gasteiger partial charge >= 0.3 is 12.1 Å². The van der Waals surface area contributed by atoms with Gasteiger partial charge in [-0.25, -0.2) is 4.79 Å². The number of amides is 2. The fourth-order valence-corrected chi connectivity index (χ4v) is 2.74. The summed E-state index contributed by atoms with van der Waals surface area (Å²) in [5, 5.41) is 25.1. The van der Waals surface area contributed by atoms with E-state index in [1.165, 1.54) is 26.2 Å². The second kappa shape index (κ2) is 8.19. The number of carbonyl (C=O) groups is 3. The van der Waals surface area contributed by atoms with Gasteiger partial charge in [0.05, 0.1) is 37.3 Å². The molecule has 0 aromatic heterocycles. The van der Waals surface area contributed by atoms with Gasteiger partial charge in [-0.3, -0.25) is 9.59 Å². The van der Waals surface area contributed by atoms with Crippen LogP contribution >= 0.6 is 0 Å². The van der Waals surface area contributed by atoms with Crippen molar-refractivity contribution < 1.29 is 29.0 Å². The lowest BCUT2D eigenvalue weighted by Gasteiger charge is -2.42. The molecule has 1 aliphatic rings. The van der Waals surface area contributed by atoms with Gasteiger partial charge in [-0.1, -0.05) is 12.2 Å². The number of aliphatic hydroxyl groups excluding tert-OH is 1. The molecule has 9 heteroatoms. The van der Waals surface area contributed by atoms with Gasteiger partial charge < -0.3 is 25.2 Å². The van der Waals surface area contributed by atoms with Gasteiger partial charge in [0, 0.05) is 6.92 Å². The number of hydrogen-bond donors (Lipinski definition) is 3. The summed E-state index contributed by atoms with van der Waals surface area (Å²) < 4.78 is 9.76. The summed E-state index contributed by atoms with van der Waals surface area (Å²) in [4.78, 5) is 35.3. The van der Waals surface area contributed by atoms with E-state index in [4.69, 9.17) is 4.74 Å². The minimum absolute atomic E-state index is 0.339. The van der Waals surface area contributed by atoms with Gasteiger partial charge in [-0.05, 0) is 20.8 Å². The molecule has 0 aliphatic heterocycles. The van der Waals surface area contributed by atoms with Gasteiger partial charge in [-0.15, -0.1) is 0 Å². The summed E-state index contributed by atoms with van der Waals surface area (Å²) >= 11 is 0. The van der Waals surface area contributed by atoms with E-state index in [-0.39, 0.29) is 6.42 Å². The Morgan fingerprint density at radius 1 is 1.35 bits per heavy atom. The van der Waals surface area contributed by atoms with Crippen LogP contribution in [0.5, 0.6) is 0 Å². The lowest BCUT2D eigenvalue weighted by atomic mass is 9.72. The fraction of sp³-hybridized carbons (Fsp3) is 0.647. The summed E-state index contributed by atoms with van der Waals surface area (Å²) in [5.41, 5.74) is -2.17. The molecule has 2 amide bonds. The number of ether oxygens (including phenoxy) is 2. The molecule has 0 heterocycles. The minimum Gasteiger partial charge on any atom is -0.469 e. The van der Waals surface area contributed by atoms with Crippen LogP contribution in [0.4, 0.5) is 4.79 Å². The molecule has 0 fully saturated rings. The van der Waals surface area contributed by atoms with Crippen molar-refractivity contribution in [3.05, 3.63) is 12.2 Å². The van der Waals surface area contributed by atoms with Crippen LogP contribution in [-0.2, 0) is 19.1 Å². The molecule has 0 saturated heterocycles. The molecule has 144 valence electrons. The first-order valence-electron chi connectivity index (χ1n) is 8.06. The van der Waals surface area contributed by atoms with Crippen molar-refractivity contribution in [2.24, 2.45) is 5.92 Å². The number of aliphatic hydroxyl groups is 1. The summed E-state index contributed by atoms with van der Waals surface area (Å²) in [6.45, 7) is 6.31. The first kappa shape index (κ1) is 21.4. The number of hydrogen-bond acceptors (Lipinski definition) is 7. The van der Waals surface area contributed by atoms with E-state index in [0.29, 0.717) is 0 Å². The SMILES string of the molecule is COC(=O)C[C@]1(NC(C)=O)C=C[C@@H](NC(=O)OC(C)(C)C)[C@H](O)[C@@H]1C#N. The van der Waals surface area contributed by atoms with E-state index < -0.39 is 47.2 Å². The predicted octanol–water partition coefficient (Wildman–Crippen LogP) is 0.388. The van der Waals surface area contributed by atoms with Crippen molar-refractivity contribution in [1.29, 1.82) is 5.26 Å². The zero-order valence-electron chi connectivity index (χ0n) is 15.5. The standard InChI is InChI=1S/C17H25N3O6/c1-10(21)20-17(8-13(22)25-5)7-6-12(14(23)11(17)9-18)19-15(24)26-16(2,3)4/h6-7,11-12,14,23H,8H2,1-5H3,(H,19,24)(H,20,21)/t11-,12+,14+,17+/m0/s1. The van der Waals surface area contributed by atoms with E-state index in [2.05, 4.69) is 15.4 Å². The Morgan fingerprint density at radius 3 is 2.42 bits per heavy atom. The van der Waals surface area contributed by atoms with Crippen molar-refractivity contribution in [3.8, 4) is 6.07 Å². The summed E-state index contributed by atoms with van der Waals surface area (Å²) in [5.74, 6) is -2.34. The number of methoxy groups -OCH3 is 1. The Kier molecular flexibility index (Phi) is 6.75. The average molecular weight is 367 g/mol. The first-order chi connectivity index (χ1) is 11.9. The maximum absolute atomic E-state index is 11.9. The van der Waals surface area contributed by atoms with Crippen LogP contribution in [0.3, 0.4) is 0 Å². The molecule has 1 rings (SSSR count). The lowest BCUT2D eigenvalue weighted by Crippen LogP contribution is -2.62. The highest BCUT2D eigenvalue weighted by Gasteiger charge is 2.49. The molecule has 0 saturated carbocycles. The zero-order chi connectivity index (χ0) is 20.1. The highest BCUT2D eigenvalue weighted by Crippen LogP contribution is 2.32. The molecule has 26 heavy (non-hydrogen) atoms. The number of nitriles is 1. The largest absolute Gasteiger partial charge is 0.469 e. The molecule has 3 N–H and O–H groups in total. The maximum atomic E-state index is 11.9. The number of carbonyl (C=O) groups excluding carboxylic acids is 3. The highest BCUT2D eigenvalue weighted by atomic mass is 16.6. The monoisotopic (exact) mass is 367 g/mol. The summed E-state index contributed by atoms with van der Waals surface area (Å²) in [7, 11) is 1.18. The van der Waals surface area contributed by atoms with Gasteiger partial charge in [0.15, 0.2) is 0 Å². The van der Waals surface area contributed by atoms with E-state index in [1.54, 1.807) is 20.8 Å². The topological polar surface area (TPSA) is 138 Å². The Bertz CT molecular complexity index is 633. The number of nitrogens with zero attached hydrogens (tertiary/aromatic N) is 1. The van der Waals surface area contributed by atoms with Crippen LogP contribution in [0, 0.1) is 17.2 Å². The molecular formula is C17H25N3O6. The van der Waals surface area contributed by atoms with E-state index in [1.807, 2.05) is 6.07 Å². The molecule has 0 aromatic carbocycles. The van der Waals surface area contributed by atoms with Crippen LogP contribution in [0.15, 0.2) is 12.2 Å². The zero-order valence-corrected chi connectivity index (χ0v) is 15.5. The highest BCUT2D eigenvalue weighted by molar-refractivity contribution is 5.78. The van der Waals surface area contributed by atoms with Crippen molar-refractivity contribution in [1.82, 2.24) is 10.6 Å². The van der Waals surface area contributed by atoms with E-state index in [9.17, 15) is 24.8 Å². The summed E-state index contributed by atoms with van der Waals surface area (Å²) in [6, 6.07) is 0.993. The van der Waals surface area contributed by atoms with Crippen molar-refractivity contribution in [2.45, 2.75) is 57.4 Å². The van der Waals surface area contributed by atoms with E-state index >= 15 is 0 Å². The second-order valence-corrected chi connectivity index (χ2v) is 7.10. The number of nitrogens with one attached hydrogen (secondary N) is 2. The van der Waals surface area contributed by atoms with Crippen molar-refractivity contribution in [2.75, 3.05) is 7.11 Å². The third-order valence-corrected chi connectivity index (χ3v) is 3.76. The minimum atomic E-state index is -1.45. The smallest absolute Gasteiger partial charge is 0.408 e. The second-order valence-electron chi connectivity index (χ2n) is 7.10. The molecule has 0 unspecified atom stereocenters. The van der Waals surface area contributed by atoms with Crippen LogP contribution in [0.2, 0.25) is 0 Å². The Morgan fingerprint density at radius 2 is 1.96 bits per heavy atom. The fourth-order valence-electron chi connectivity index (χ4n) is 2.74. The van der Waals surface area contributed by atoms with Gasteiger partial charge in [-0.2, -0.15) is 5.26 Å². The molecule has 0 bridgehead atoms. The first-order valence-corrected chi connectivity index (χ1v) is 8.06. The third-order valence-electron chi connectivity index (χ3n) is 3.76. The molecule has 1 aliphatic carbocycles. The van der Waals surface area contributed by atoms with Crippen molar-refractivity contribution >= 4 is 18.0 Å². The number of esters is 1. The van der Waals surface area contributed by atoms with Gasteiger partial charge in [0.2, 0.25) is 5.91 Å². The molecule has 0 spiro atoms. The van der Waals surface area contributed by atoms with E-state index in [0.717, 1.165) is 0 Å². The van der Waals surface area contributed by atoms with Crippen LogP contribution < -0.4 is 10.6 Å². The quantitative estimate of drug-likeness (QED) is 0.482. The molecular weight excluding hydrogens is 342 g/mol. The Labute approximate surface area is 152 Å². The van der Waals surface area contributed by atoms with Crippen LogP contribution in [0.25, 0.3) is 0 Å². The third kappa shape index (κ3) is 5.46. The maximum Gasteiger partial charge on any atom is 0.408 e. The Hall–Kier alpha value is -2.60. The van der Waals surface area contributed by atoms with Crippen LogP contribution in [0.1, 0.15) is 34.1 Å².